The summed E-state index contributed by atoms with van der Waals surface area (Å²) in [5.74, 6) is 0.639. The van der Waals surface area contributed by atoms with Crippen LogP contribution in [0.5, 0.6) is 5.75 Å². The van der Waals surface area contributed by atoms with E-state index < -0.39 is 6.10 Å². The summed E-state index contributed by atoms with van der Waals surface area (Å²) < 4.78 is 5.86. The van der Waals surface area contributed by atoms with Crippen molar-refractivity contribution < 1.29 is 14.6 Å². The molecule has 27 heavy (non-hydrogen) atoms. The topological polar surface area (TPSA) is 83.0 Å². The number of aliphatic hydroxyl groups is 1. The molecular formula is C21H35N3O3. The summed E-state index contributed by atoms with van der Waals surface area (Å²) in [5.41, 5.74) is 2.37. The molecule has 6 heteroatoms. The predicted molar refractivity (Wildman–Crippen MR) is 112 cm³/mol. The first-order chi connectivity index (χ1) is 12.7. The lowest BCUT2D eigenvalue weighted by Gasteiger charge is -2.18. The van der Waals surface area contributed by atoms with Crippen molar-refractivity contribution in [1.82, 2.24) is 5.32 Å². The second-order valence-electron chi connectivity index (χ2n) is 7.35. The predicted octanol–water partition coefficient (Wildman–Crippen LogP) is 3.38. The van der Waals surface area contributed by atoms with Crippen LogP contribution in [0, 0.1) is 0 Å². The third kappa shape index (κ3) is 9.02. The zero-order chi connectivity index (χ0) is 20.4. The van der Waals surface area contributed by atoms with Crippen molar-refractivity contribution >= 4 is 17.3 Å². The standard InChI is InChI=1S/C21H35N3O3/c1-7-8-21(26)24-17-9-10-20(19(11-17)16(6)23-15(4)5)27-13-18(25)12-22-14(2)3/h9-11,14-15,18,22,25H,7-8,12-13H2,1-6H3,(H,24,26)/t18-/m1/s1. The van der Waals surface area contributed by atoms with Crippen LogP contribution >= 0.6 is 0 Å². The van der Waals surface area contributed by atoms with Gasteiger partial charge in [0, 0.05) is 42.0 Å². The number of carbonyl (C=O) groups is 1. The van der Waals surface area contributed by atoms with Crippen molar-refractivity contribution in [1.29, 1.82) is 0 Å². The molecule has 6 nitrogen and oxygen atoms in total. The molecule has 0 aliphatic carbocycles. The first-order valence-corrected chi connectivity index (χ1v) is 9.75. The molecule has 0 heterocycles. The van der Waals surface area contributed by atoms with Gasteiger partial charge >= 0.3 is 0 Å². The van der Waals surface area contributed by atoms with Crippen LogP contribution in [-0.2, 0) is 4.79 Å². The van der Waals surface area contributed by atoms with E-state index in [9.17, 15) is 9.90 Å². The van der Waals surface area contributed by atoms with E-state index in [4.69, 9.17) is 4.74 Å². The second kappa shape index (κ2) is 11.7. The van der Waals surface area contributed by atoms with Gasteiger partial charge in [-0.3, -0.25) is 9.79 Å². The molecule has 0 spiro atoms. The molecule has 0 saturated carbocycles. The van der Waals surface area contributed by atoms with Crippen molar-refractivity contribution in [2.75, 3.05) is 18.5 Å². The number of nitrogens with zero attached hydrogens (tertiary/aromatic N) is 1. The van der Waals surface area contributed by atoms with Gasteiger partial charge in [-0.2, -0.15) is 0 Å². The number of anilines is 1. The number of hydrogen-bond acceptors (Lipinski definition) is 5. The lowest BCUT2D eigenvalue weighted by atomic mass is 10.1. The van der Waals surface area contributed by atoms with Gasteiger partial charge in [-0.05, 0) is 45.4 Å². The maximum atomic E-state index is 11.9. The first-order valence-electron chi connectivity index (χ1n) is 9.75. The van der Waals surface area contributed by atoms with E-state index in [-0.39, 0.29) is 18.6 Å². The van der Waals surface area contributed by atoms with Crippen LogP contribution in [0.4, 0.5) is 5.69 Å². The molecule has 1 amide bonds. The number of aliphatic imine (C=N–C) groups is 1. The number of carbonyl (C=O) groups excluding carboxylic acids is 1. The molecule has 1 atom stereocenters. The zero-order valence-corrected chi connectivity index (χ0v) is 17.5. The fourth-order valence-corrected chi connectivity index (χ4v) is 2.54. The monoisotopic (exact) mass is 377 g/mol. The van der Waals surface area contributed by atoms with Crippen LogP contribution in [0.2, 0.25) is 0 Å². The second-order valence-corrected chi connectivity index (χ2v) is 7.35. The summed E-state index contributed by atoms with van der Waals surface area (Å²) in [6.07, 6.45) is 0.684. The van der Waals surface area contributed by atoms with Gasteiger partial charge in [0.1, 0.15) is 18.5 Å². The van der Waals surface area contributed by atoms with Gasteiger partial charge < -0.3 is 20.5 Å². The summed E-state index contributed by atoms with van der Waals surface area (Å²) in [7, 11) is 0. The van der Waals surface area contributed by atoms with Crippen LogP contribution in [0.3, 0.4) is 0 Å². The van der Waals surface area contributed by atoms with E-state index in [0.29, 0.717) is 24.8 Å². The average molecular weight is 378 g/mol. The Kier molecular flexibility index (Phi) is 10.0. The SMILES string of the molecule is CCCC(=O)Nc1ccc(OC[C@H](O)CNC(C)C)c(C(C)=NC(C)C)c1. The summed E-state index contributed by atoms with van der Waals surface area (Å²) in [4.78, 5) is 16.5. The number of amides is 1. The minimum Gasteiger partial charge on any atom is -0.490 e. The number of benzene rings is 1. The molecular weight excluding hydrogens is 342 g/mol. The zero-order valence-electron chi connectivity index (χ0n) is 17.5. The minimum absolute atomic E-state index is 0.00856. The highest BCUT2D eigenvalue weighted by Gasteiger charge is 2.13. The highest BCUT2D eigenvalue weighted by Crippen LogP contribution is 2.25. The molecule has 0 fully saturated rings. The molecule has 0 aliphatic rings. The van der Waals surface area contributed by atoms with Crippen LogP contribution < -0.4 is 15.4 Å². The van der Waals surface area contributed by atoms with Crippen molar-refractivity contribution in [2.24, 2.45) is 4.99 Å². The number of aliphatic hydroxyl groups excluding tert-OH is 1. The number of hydrogen-bond donors (Lipinski definition) is 3. The number of nitrogens with one attached hydrogen (secondary N) is 2. The Morgan fingerprint density at radius 3 is 2.56 bits per heavy atom. The van der Waals surface area contributed by atoms with Crippen molar-refractivity contribution in [3.05, 3.63) is 23.8 Å². The van der Waals surface area contributed by atoms with E-state index in [1.807, 2.05) is 59.7 Å². The summed E-state index contributed by atoms with van der Waals surface area (Å²) in [5, 5.41) is 16.2. The van der Waals surface area contributed by atoms with Crippen LogP contribution in [0.25, 0.3) is 0 Å². The Labute approximate surface area is 163 Å². The van der Waals surface area contributed by atoms with Gasteiger partial charge in [0.25, 0.3) is 0 Å². The van der Waals surface area contributed by atoms with Crippen LogP contribution in [0.1, 0.15) is 59.9 Å². The van der Waals surface area contributed by atoms with Crippen molar-refractivity contribution in [3.8, 4) is 5.75 Å². The minimum atomic E-state index is -0.605. The average Bonchev–Trinajstić information content (AvgIpc) is 2.58. The smallest absolute Gasteiger partial charge is 0.224 e. The van der Waals surface area contributed by atoms with Gasteiger partial charge in [-0.25, -0.2) is 0 Å². The molecule has 0 bridgehead atoms. The molecule has 1 rings (SSSR count). The Morgan fingerprint density at radius 2 is 1.96 bits per heavy atom. The third-order valence-electron chi connectivity index (χ3n) is 3.77. The van der Waals surface area contributed by atoms with Crippen molar-refractivity contribution in [2.45, 2.75) is 72.6 Å². The largest absolute Gasteiger partial charge is 0.490 e. The highest BCUT2D eigenvalue weighted by molar-refractivity contribution is 6.03. The van der Waals surface area contributed by atoms with Gasteiger partial charge in [-0.15, -0.1) is 0 Å². The normalized spacial score (nSPS) is 13.1. The Morgan fingerprint density at radius 1 is 1.26 bits per heavy atom. The maximum absolute atomic E-state index is 11.9. The lowest BCUT2D eigenvalue weighted by Crippen LogP contribution is -2.35. The fraction of sp³-hybridized carbons (Fsp3) is 0.619. The Bertz CT molecular complexity index is 627. The molecule has 0 aromatic heterocycles. The van der Waals surface area contributed by atoms with E-state index in [2.05, 4.69) is 15.6 Å². The molecule has 0 saturated heterocycles. The van der Waals surface area contributed by atoms with Crippen LogP contribution in [0.15, 0.2) is 23.2 Å². The summed E-state index contributed by atoms with van der Waals surface area (Å²) in [6, 6.07) is 5.97. The van der Waals surface area contributed by atoms with E-state index in [0.717, 1.165) is 23.4 Å². The Balaban J connectivity index is 2.96. The fourth-order valence-electron chi connectivity index (χ4n) is 2.54. The molecule has 0 aliphatic heterocycles. The van der Waals surface area contributed by atoms with Gasteiger partial charge in [-0.1, -0.05) is 20.8 Å². The molecule has 3 N–H and O–H groups in total. The van der Waals surface area contributed by atoms with E-state index in [1.165, 1.54) is 0 Å². The third-order valence-corrected chi connectivity index (χ3v) is 3.77. The number of rotatable bonds is 11. The van der Waals surface area contributed by atoms with Crippen LogP contribution in [-0.4, -0.2) is 48.1 Å². The molecule has 0 unspecified atom stereocenters. The quantitative estimate of drug-likeness (QED) is 0.516. The molecule has 152 valence electrons. The van der Waals surface area contributed by atoms with E-state index >= 15 is 0 Å². The van der Waals surface area contributed by atoms with Gasteiger partial charge in [0.2, 0.25) is 5.91 Å². The lowest BCUT2D eigenvalue weighted by molar-refractivity contribution is -0.116. The summed E-state index contributed by atoms with van der Waals surface area (Å²) >= 11 is 0. The van der Waals surface area contributed by atoms with Gasteiger partial charge in [0.15, 0.2) is 0 Å². The summed E-state index contributed by atoms with van der Waals surface area (Å²) in [6.45, 7) is 12.6. The molecule has 0 radical (unpaired) electrons. The van der Waals surface area contributed by atoms with Crippen molar-refractivity contribution in [3.63, 3.8) is 0 Å². The first kappa shape index (κ1) is 23.1. The molecule has 1 aromatic carbocycles. The maximum Gasteiger partial charge on any atom is 0.224 e. The molecule has 1 aromatic rings. The van der Waals surface area contributed by atoms with Gasteiger partial charge in [0.05, 0.1) is 0 Å². The Hall–Kier alpha value is -1.92. The highest BCUT2D eigenvalue weighted by atomic mass is 16.5. The van der Waals surface area contributed by atoms with E-state index in [1.54, 1.807) is 0 Å². The number of ether oxygens (including phenoxy) is 1.